The second-order valence-electron chi connectivity index (χ2n) is 10.4. The summed E-state index contributed by atoms with van der Waals surface area (Å²) in [5.74, 6) is -1.77. The van der Waals surface area contributed by atoms with Crippen molar-refractivity contribution in [3.8, 4) is 11.5 Å². The van der Waals surface area contributed by atoms with Gasteiger partial charge < -0.3 is 84.6 Å². The van der Waals surface area contributed by atoms with Gasteiger partial charge in [-0.25, -0.2) is 4.79 Å². The summed E-state index contributed by atoms with van der Waals surface area (Å²) in [6, 6.07) is 3.75. The van der Waals surface area contributed by atoms with E-state index in [1.165, 1.54) is 24.3 Å². The Morgan fingerprint density at radius 3 is 2.11 bits per heavy atom. The number of rotatable bonds is 9. The van der Waals surface area contributed by atoms with Crippen LogP contribution >= 0.6 is 0 Å². The summed E-state index contributed by atoms with van der Waals surface area (Å²) < 4.78 is 31.8. The van der Waals surface area contributed by atoms with Gasteiger partial charge in [-0.1, -0.05) is 6.07 Å². The molecule has 0 aliphatic carbocycles. The number of aromatic hydroxyl groups is 1. The molecule has 3 heterocycles. The average Bonchev–Trinajstić information content (AvgIpc) is 3.01. The van der Waals surface area contributed by atoms with Crippen molar-refractivity contribution in [2.75, 3.05) is 19.8 Å². The van der Waals surface area contributed by atoms with E-state index in [1.54, 1.807) is 0 Å². The maximum Gasteiger partial charge on any atom is 0.333 e. The Morgan fingerprint density at radius 2 is 1.45 bits per heavy atom. The zero-order valence-electron chi connectivity index (χ0n) is 22.9. The number of aliphatic hydroxyl groups is 10. The number of carbonyl (C=O) groups excluding carboxylic acids is 1. The van der Waals surface area contributed by atoms with Crippen molar-refractivity contribution in [3.63, 3.8) is 0 Å². The van der Waals surface area contributed by atoms with Gasteiger partial charge in [0.2, 0.25) is 12.6 Å². The molecule has 0 bridgehead atoms. The van der Waals surface area contributed by atoms with Crippen molar-refractivity contribution in [3.05, 3.63) is 29.8 Å². The van der Waals surface area contributed by atoms with Gasteiger partial charge in [-0.15, -0.1) is 0 Å². The Labute approximate surface area is 249 Å². The smallest absolute Gasteiger partial charge is 0.333 e. The van der Waals surface area contributed by atoms with Crippen LogP contribution in [-0.2, 0) is 28.5 Å². The Hall–Kier alpha value is -2.53. The lowest BCUT2D eigenvalue weighted by Gasteiger charge is -2.44. The van der Waals surface area contributed by atoms with Crippen molar-refractivity contribution >= 4 is 12.0 Å². The lowest BCUT2D eigenvalue weighted by atomic mass is 9.98. The van der Waals surface area contributed by atoms with Crippen LogP contribution in [0.4, 0.5) is 0 Å². The summed E-state index contributed by atoms with van der Waals surface area (Å²) in [4.78, 5) is 12.7. The molecule has 0 aromatic heterocycles. The minimum absolute atomic E-state index is 0.232. The van der Waals surface area contributed by atoms with Crippen LogP contribution in [-0.4, -0.2) is 168 Å². The zero-order valence-corrected chi connectivity index (χ0v) is 22.9. The van der Waals surface area contributed by atoms with Crippen LogP contribution in [0.3, 0.4) is 0 Å². The van der Waals surface area contributed by atoms with Crippen LogP contribution in [0, 0.1) is 0 Å². The van der Waals surface area contributed by atoms with E-state index in [0.29, 0.717) is 0 Å². The Morgan fingerprint density at radius 1 is 0.818 bits per heavy atom. The van der Waals surface area contributed by atoms with Gasteiger partial charge in [-0.3, -0.25) is 0 Å². The number of hydrogen-bond donors (Lipinski definition) is 11. The van der Waals surface area contributed by atoms with Gasteiger partial charge >= 0.3 is 5.97 Å². The number of aliphatic hydroxyl groups excluding tert-OH is 10. The number of ether oxygens (including phenoxy) is 6. The van der Waals surface area contributed by atoms with Gasteiger partial charge in [0.25, 0.3) is 0 Å². The second-order valence-corrected chi connectivity index (χ2v) is 10.4. The molecule has 0 radical (unpaired) electrons. The third-order valence-electron chi connectivity index (χ3n) is 7.33. The molecule has 4 rings (SSSR count). The van der Waals surface area contributed by atoms with Crippen LogP contribution in [0.1, 0.15) is 5.56 Å². The van der Waals surface area contributed by atoms with Crippen LogP contribution < -0.4 is 4.74 Å². The first-order chi connectivity index (χ1) is 20.9. The molecule has 1 aromatic carbocycles. The molecular weight excluding hydrogens is 600 g/mol. The molecule has 0 amide bonds. The van der Waals surface area contributed by atoms with E-state index in [9.17, 15) is 61.0 Å². The lowest BCUT2D eigenvalue weighted by Crippen LogP contribution is -2.63. The zero-order chi connectivity index (χ0) is 32.3. The largest absolute Gasteiger partial charge is 0.504 e. The van der Waals surface area contributed by atoms with Crippen molar-refractivity contribution in [1.29, 1.82) is 0 Å². The first kappa shape index (κ1) is 34.3. The normalized spacial score (nSPS) is 41.4. The summed E-state index contributed by atoms with van der Waals surface area (Å²) >= 11 is 0. The molecule has 3 saturated heterocycles. The first-order valence-electron chi connectivity index (χ1n) is 13.5. The van der Waals surface area contributed by atoms with Gasteiger partial charge in [-0.2, -0.15) is 0 Å². The fourth-order valence-electron chi connectivity index (χ4n) is 4.73. The second kappa shape index (κ2) is 14.7. The number of hydrogen-bond acceptors (Lipinski definition) is 18. The topological polar surface area (TPSA) is 295 Å². The summed E-state index contributed by atoms with van der Waals surface area (Å²) in [6.45, 7) is -1.93. The van der Waals surface area contributed by atoms with E-state index in [1.807, 2.05) is 0 Å². The van der Waals surface area contributed by atoms with E-state index in [-0.39, 0.29) is 11.3 Å². The molecule has 0 spiro atoms. The van der Waals surface area contributed by atoms with Crippen molar-refractivity contribution in [2.45, 2.75) is 86.0 Å². The fourth-order valence-corrected chi connectivity index (χ4v) is 4.73. The minimum Gasteiger partial charge on any atom is -0.504 e. The molecule has 11 N–H and O–H groups in total. The molecule has 3 fully saturated rings. The molecule has 1 aromatic rings. The van der Waals surface area contributed by atoms with E-state index in [4.69, 9.17) is 28.4 Å². The average molecular weight is 637 g/mol. The van der Waals surface area contributed by atoms with Gasteiger partial charge in [0.1, 0.15) is 67.1 Å². The molecule has 18 nitrogen and oxygen atoms in total. The molecule has 0 unspecified atom stereocenters. The lowest BCUT2D eigenvalue weighted by molar-refractivity contribution is -0.329. The third kappa shape index (κ3) is 7.46. The molecule has 248 valence electrons. The van der Waals surface area contributed by atoms with Gasteiger partial charge in [0.05, 0.1) is 19.8 Å². The Bertz CT molecular complexity index is 1130. The molecule has 14 atom stereocenters. The van der Waals surface area contributed by atoms with Crippen molar-refractivity contribution in [2.24, 2.45) is 0 Å². The summed E-state index contributed by atoms with van der Waals surface area (Å²) in [5, 5.41) is 110. The molecule has 18 heteroatoms. The molecule has 3 aliphatic rings. The Kier molecular flexibility index (Phi) is 11.5. The minimum atomic E-state index is -1.81. The maximum absolute atomic E-state index is 12.7. The number of phenols is 1. The highest BCUT2D eigenvalue weighted by atomic mass is 16.7. The Balaban J connectivity index is 1.45. The van der Waals surface area contributed by atoms with Gasteiger partial charge in [0, 0.05) is 6.08 Å². The highest BCUT2D eigenvalue weighted by Crippen LogP contribution is 2.32. The molecule has 44 heavy (non-hydrogen) atoms. The first-order valence-corrected chi connectivity index (χ1v) is 13.5. The number of esters is 1. The monoisotopic (exact) mass is 636 g/mol. The predicted octanol–water partition coefficient (Wildman–Crippen LogP) is -5.61. The summed E-state index contributed by atoms with van der Waals surface area (Å²) in [5.41, 5.74) is 0.232. The van der Waals surface area contributed by atoms with Crippen molar-refractivity contribution < 1.29 is 89.4 Å². The van der Waals surface area contributed by atoms with E-state index in [2.05, 4.69) is 0 Å². The van der Waals surface area contributed by atoms with E-state index >= 15 is 0 Å². The van der Waals surface area contributed by atoms with Gasteiger partial charge in [0.15, 0.2) is 17.8 Å². The standard InChI is InChI=1S/C26H36O18/c27-6-12-16(31)19(34)22(37)25(42-12)41-11-5-9(1-3-10(11)29)2-4-15(30)44-26-23(20(35)17(32)13(7-28)43-26)40-14-8-39-24(38)21(36)18(14)33/h1-5,12-14,16-29,31-38H,6-8H2/b4-2+/t12-,13-,14+,16-,17-,18-,19+,20+,21+,22-,23-,24-,25-,26-/m1/s1. The van der Waals surface area contributed by atoms with Crippen LogP contribution in [0.5, 0.6) is 11.5 Å². The highest BCUT2D eigenvalue weighted by molar-refractivity contribution is 5.87. The molecule has 0 saturated carbocycles. The quantitative estimate of drug-likeness (QED) is 0.0889. The van der Waals surface area contributed by atoms with Crippen molar-refractivity contribution in [1.82, 2.24) is 0 Å². The summed E-state index contributed by atoms with van der Waals surface area (Å²) in [7, 11) is 0. The number of carbonyl (C=O) groups is 1. The SMILES string of the molecule is O=C(/C=C/c1ccc(O)c(O[C@@H]2O[C@H](CO)[C@@H](O)[C@H](O)[C@H]2O)c1)O[C@H]1O[C@H](CO)[C@@H](O)[C@H](O)[C@H]1O[C@H]1CO[C@@H](O)[C@@H](O)[C@@H]1O. The van der Waals surface area contributed by atoms with Crippen LogP contribution in [0.25, 0.3) is 6.08 Å². The summed E-state index contributed by atoms with van der Waals surface area (Å²) in [6.07, 6.45) is -20.7. The van der Waals surface area contributed by atoms with E-state index < -0.39 is 118 Å². The van der Waals surface area contributed by atoms with Crippen LogP contribution in [0.2, 0.25) is 0 Å². The predicted molar refractivity (Wildman–Crippen MR) is 138 cm³/mol. The molecular formula is C26H36O18. The van der Waals surface area contributed by atoms with E-state index in [0.717, 1.165) is 6.08 Å². The maximum atomic E-state index is 12.7. The third-order valence-corrected chi connectivity index (χ3v) is 7.33. The van der Waals surface area contributed by atoms with Gasteiger partial charge in [-0.05, 0) is 23.8 Å². The highest BCUT2D eigenvalue weighted by Gasteiger charge is 2.50. The molecule has 3 aliphatic heterocycles. The number of phenolic OH excluding ortho intramolecular Hbond substituents is 1. The number of benzene rings is 1. The van der Waals surface area contributed by atoms with Crippen LogP contribution in [0.15, 0.2) is 24.3 Å². The fraction of sp³-hybridized carbons (Fsp3) is 0.654.